The molecule has 2 aromatic carbocycles. The van der Waals surface area contributed by atoms with E-state index >= 15 is 0 Å². The standard InChI is InChI=1S/C20H20N4O/c1-13-6-4-8-16(12-13)21-20(25)18-10-11-19(24-23-18)22-17-9-5-7-14(2)15(17)3/h4-12H,1-3H3,(H,21,25)(H,22,24). The van der Waals surface area contributed by atoms with Gasteiger partial charge in [-0.05, 0) is 67.8 Å². The van der Waals surface area contributed by atoms with Gasteiger partial charge in [0.05, 0.1) is 0 Å². The molecule has 0 radical (unpaired) electrons. The van der Waals surface area contributed by atoms with Gasteiger partial charge in [-0.2, -0.15) is 0 Å². The van der Waals surface area contributed by atoms with Crippen LogP contribution in [0.3, 0.4) is 0 Å². The highest BCUT2D eigenvalue weighted by Crippen LogP contribution is 2.21. The number of benzene rings is 2. The summed E-state index contributed by atoms with van der Waals surface area (Å²) in [6.45, 7) is 6.09. The second-order valence-corrected chi connectivity index (χ2v) is 6.00. The predicted molar refractivity (Wildman–Crippen MR) is 100 cm³/mol. The van der Waals surface area contributed by atoms with Gasteiger partial charge in [0.25, 0.3) is 5.91 Å². The number of hydrogen-bond acceptors (Lipinski definition) is 4. The highest BCUT2D eigenvalue weighted by molar-refractivity contribution is 6.02. The number of nitrogens with zero attached hydrogens (tertiary/aromatic N) is 2. The number of anilines is 3. The van der Waals surface area contributed by atoms with E-state index in [2.05, 4.69) is 40.7 Å². The third-order valence-corrected chi connectivity index (χ3v) is 4.04. The Bertz CT molecular complexity index is 904. The molecule has 0 atom stereocenters. The van der Waals surface area contributed by atoms with Gasteiger partial charge in [-0.1, -0.05) is 24.3 Å². The smallest absolute Gasteiger partial charge is 0.276 e. The van der Waals surface area contributed by atoms with Crippen molar-refractivity contribution in [3.63, 3.8) is 0 Å². The molecule has 5 heteroatoms. The van der Waals surface area contributed by atoms with Gasteiger partial charge in [0, 0.05) is 11.4 Å². The zero-order valence-electron chi connectivity index (χ0n) is 14.5. The number of amides is 1. The lowest BCUT2D eigenvalue weighted by Gasteiger charge is -2.10. The number of rotatable bonds is 4. The topological polar surface area (TPSA) is 66.9 Å². The summed E-state index contributed by atoms with van der Waals surface area (Å²) in [5.74, 6) is 0.317. The molecule has 1 amide bonds. The average Bonchev–Trinajstić information content (AvgIpc) is 2.59. The van der Waals surface area contributed by atoms with E-state index in [1.807, 2.05) is 43.3 Å². The Labute approximate surface area is 147 Å². The van der Waals surface area contributed by atoms with Gasteiger partial charge < -0.3 is 10.6 Å². The van der Waals surface area contributed by atoms with Crippen LogP contribution in [0.2, 0.25) is 0 Å². The Kier molecular flexibility index (Phi) is 4.75. The molecule has 0 aliphatic carbocycles. The van der Waals surface area contributed by atoms with E-state index in [0.29, 0.717) is 5.82 Å². The van der Waals surface area contributed by atoms with Crippen molar-refractivity contribution in [2.24, 2.45) is 0 Å². The molecule has 0 saturated heterocycles. The lowest BCUT2D eigenvalue weighted by Crippen LogP contribution is -2.14. The third-order valence-electron chi connectivity index (χ3n) is 4.04. The van der Waals surface area contributed by atoms with Crippen LogP contribution in [0.4, 0.5) is 17.2 Å². The van der Waals surface area contributed by atoms with Gasteiger partial charge in [0.15, 0.2) is 11.5 Å². The van der Waals surface area contributed by atoms with Crippen LogP contribution in [0.15, 0.2) is 54.6 Å². The largest absolute Gasteiger partial charge is 0.339 e. The van der Waals surface area contributed by atoms with Crippen molar-refractivity contribution >= 4 is 23.1 Å². The van der Waals surface area contributed by atoms with Crippen LogP contribution in [0, 0.1) is 20.8 Å². The zero-order chi connectivity index (χ0) is 17.8. The van der Waals surface area contributed by atoms with E-state index in [4.69, 9.17) is 0 Å². The minimum Gasteiger partial charge on any atom is -0.339 e. The van der Waals surface area contributed by atoms with Crippen molar-refractivity contribution in [1.82, 2.24) is 10.2 Å². The van der Waals surface area contributed by atoms with Crippen molar-refractivity contribution in [2.45, 2.75) is 20.8 Å². The molecule has 0 saturated carbocycles. The number of carbonyl (C=O) groups excluding carboxylic acids is 1. The fourth-order valence-corrected chi connectivity index (χ4v) is 2.46. The summed E-state index contributed by atoms with van der Waals surface area (Å²) < 4.78 is 0. The summed E-state index contributed by atoms with van der Waals surface area (Å²) in [4.78, 5) is 12.3. The van der Waals surface area contributed by atoms with Crippen LogP contribution in [0.1, 0.15) is 27.2 Å². The van der Waals surface area contributed by atoms with Gasteiger partial charge in [-0.3, -0.25) is 4.79 Å². The maximum Gasteiger partial charge on any atom is 0.276 e. The molecule has 0 fully saturated rings. The van der Waals surface area contributed by atoms with Gasteiger partial charge in [0.1, 0.15) is 0 Å². The lowest BCUT2D eigenvalue weighted by molar-refractivity contribution is 0.102. The van der Waals surface area contributed by atoms with E-state index in [9.17, 15) is 4.79 Å². The van der Waals surface area contributed by atoms with Crippen LogP contribution >= 0.6 is 0 Å². The second-order valence-electron chi connectivity index (χ2n) is 6.00. The summed E-state index contributed by atoms with van der Waals surface area (Å²) in [6.07, 6.45) is 0. The molecule has 25 heavy (non-hydrogen) atoms. The third kappa shape index (κ3) is 4.01. The van der Waals surface area contributed by atoms with Crippen molar-refractivity contribution < 1.29 is 4.79 Å². The Morgan fingerprint density at radius 2 is 1.72 bits per heavy atom. The summed E-state index contributed by atoms with van der Waals surface area (Å²) in [7, 11) is 0. The van der Waals surface area contributed by atoms with Crippen LogP contribution in [-0.2, 0) is 0 Å². The van der Waals surface area contributed by atoms with E-state index in [1.165, 1.54) is 5.56 Å². The first-order valence-electron chi connectivity index (χ1n) is 8.08. The molecular formula is C20H20N4O. The maximum absolute atomic E-state index is 12.3. The van der Waals surface area contributed by atoms with E-state index in [0.717, 1.165) is 22.5 Å². The van der Waals surface area contributed by atoms with Crippen LogP contribution in [0.5, 0.6) is 0 Å². The van der Waals surface area contributed by atoms with Crippen molar-refractivity contribution in [1.29, 1.82) is 0 Å². The van der Waals surface area contributed by atoms with Crippen molar-refractivity contribution in [2.75, 3.05) is 10.6 Å². The predicted octanol–water partition coefficient (Wildman–Crippen LogP) is 4.40. The molecule has 3 aromatic rings. The quantitative estimate of drug-likeness (QED) is 0.743. The fourth-order valence-electron chi connectivity index (χ4n) is 2.46. The van der Waals surface area contributed by atoms with Gasteiger partial charge in [0.2, 0.25) is 0 Å². The monoisotopic (exact) mass is 332 g/mol. The summed E-state index contributed by atoms with van der Waals surface area (Å²) in [5, 5.41) is 14.2. The number of nitrogens with one attached hydrogen (secondary N) is 2. The zero-order valence-corrected chi connectivity index (χ0v) is 14.5. The van der Waals surface area contributed by atoms with Gasteiger partial charge in [-0.25, -0.2) is 0 Å². The summed E-state index contributed by atoms with van der Waals surface area (Å²) in [6, 6.07) is 17.1. The molecule has 3 rings (SSSR count). The molecular weight excluding hydrogens is 312 g/mol. The van der Waals surface area contributed by atoms with E-state index in [1.54, 1.807) is 12.1 Å². The Morgan fingerprint density at radius 1 is 0.920 bits per heavy atom. The molecule has 1 heterocycles. The first kappa shape index (κ1) is 16.6. The first-order chi connectivity index (χ1) is 12.0. The minimum atomic E-state index is -0.281. The number of aryl methyl sites for hydroxylation is 2. The highest BCUT2D eigenvalue weighted by Gasteiger charge is 2.09. The average molecular weight is 332 g/mol. The molecule has 2 N–H and O–H groups in total. The minimum absolute atomic E-state index is 0.271. The Hall–Kier alpha value is -3.21. The van der Waals surface area contributed by atoms with Crippen LogP contribution in [-0.4, -0.2) is 16.1 Å². The number of hydrogen-bond donors (Lipinski definition) is 2. The lowest BCUT2D eigenvalue weighted by atomic mass is 10.1. The molecule has 0 aliphatic rings. The number of aromatic nitrogens is 2. The number of carbonyl (C=O) groups is 1. The van der Waals surface area contributed by atoms with E-state index < -0.39 is 0 Å². The first-order valence-corrected chi connectivity index (χ1v) is 8.08. The molecule has 5 nitrogen and oxygen atoms in total. The van der Waals surface area contributed by atoms with Crippen molar-refractivity contribution in [3.05, 3.63) is 77.0 Å². The normalized spacial score (nSPS) is 10.4. The Morgan fingerprint density at radius 3 is 2.44 bits per heavy atom. The van der Waals surface area contributed by atoms with Gasteiger partial charge >= 0.3 is 0 Å². The SMILES string of the molecule is Cc1cccc(NC(=O)c2ccc(Nc3cccc(C)c3C)nn2)c1. The second kappa shape index (κ2) is 7.13. The van der Waals surface area contributed by atoms with Crippen LogP contribution in [0.25, 0.3) is 0 Å². The molecule has 1 aromatic heterocycles. The summed E-state index contributed by atoms with van der Waals surface area (Å²) in [5.41, 5.74) is 5.43. The summed E-state index contributed by atoms with van der Waals surface area (Å²) >= 11 is 0. The molecule has 0 bridgehead atoms. The molecule has 0 unspecified atom stereocenters. The molecule has 126 valence electrons. The maximum atomic E-state index is 12.3. The van der Waals surface area contributed by atoms with Crippen molar-refractivity contribution in [3.8, 4) is 0 Å². The molecule has 0 spiro atoms. The van der Waals surface area contributed by atoms with Crippen LogP contribution < -0.4 is 10.6 Å². The Balaban J connectivity index is 1.71. The molecule has 0 aliphatic heterocycles. The fraction of sp³-hybridized carbons (Fsp3) is 0.150. The van der Waals surface area contributed by atoms with E-state index in [-0.39, 0.29) is 11.6 Å². The van der Waals surface area contributed by atoms with Gasteiger partial charge in [-0.15, -0.1) is 10.2 Å². The highest BCUT2D eigenvalue weighted by atomic mass is 16.1.